The number of rotatable bonds is 1. The van der Waals surface area contributed by atoms with Gasteiger partial charge in [0.05, 0.1) is 0 Å². The normalized spacial score (nSPS) is 32.3. The van der Waals surface area contributed by atoms with Crippen LogP contribution in [0.25, 0.3) is 10.9 Å². The number of benzene rings is 1. The number of carbonyl (C=O) groups excluding carboxylic acids is 1. The number of aromatic nitrogens is 1. The zero-order valence-electron chi connectivity index (χ0n) is 11.5. The summed E-state index contributed by atoms with van der Waals surface area (Å²) >= 11 is 0. The molecule has 1 saturated heterocycles. The number of carbonyl (C=O) groups is 1. The maximum atomic E-state index is 11.6. The van der Waals surface area contributed by atoms with Crippen molar-refractivity contribution >= 4 is 16.7 Å². The molecule has 3 unspecified atom stereocenters. The van der Waals surface area contributed by atoms with Gasteiger partial charge in [-0.1, -0.05) is 18.2 Å². The van der Waals surface area contributed by atoms with Crippen molar-refractivity contribution in [2.75, 3.05) is 0 Å². The largest absolute Gasteiger partial charge is 0.361 e. The summed E-state index contributed by atoms with van der Waals surface area (Å²) in [7, 11) is 0. The molecule has 21 heavy (non-hydrogen) atoms. The third-order valence-electron chi connectivity index (χ3n) is 4.10. The summed E-state index contributed by atoms with van der Waals surface area (Å²) in [4.78, 5) is 25.7. The van der Waals surface area contributed by atoms with Crippen molar-refractivity contribution in [1.82, 2.24) is 4.98 Å². The van der Waals surface area contributed by atoms with E-state index < -0.39 is 11.9 Å². The molecular formula is C16H15NO4. The van der Waals surface area contributed by atoms with Gasteiger partial charge in [-0.3, -0.25) is 4.79 Å². The van der Waals surface area contributed by atoms with Crippen molar-refractivity contribution in [2.45, 2.75) is 31.3 Å². The number of ketones is 1. The molecule has 108 valence electrons. The molecule has 1 aromatic heterocycles. The van der Waals surface area contributed by atoms with E-state index in [0.29, 0.717) is 6.42 Å². The van der Waals surface area contributed by atoms with Crippen LogP contribution in [-0.2, 0) is 19.3 Å². The SMILES string of the molecule is CC12C=CC(=O)CC1OC(c1c[nH]c3ccccc13)OO2. The summed E-state index contributed by atoms with van der Waals surface area (Å²) in [6.45, 7) is 1.85. The summed E-state index contributed by atoms with van der Waals surface area (Å²) in [6.07, 6.45) is 4.39. The van der Waals surface area contributed by atoms with E-state index in [-0.39, 0.29) is 11.9 Å². The Morgan fingerprint density at radius 2 is 2.19 bits per heavy atom. The number of hydrogen-bond donors (Lipinski definition) is 1. The van der Waals surface area contributed by atoms with E-state index in [2.05, 4.69) is 4.98 Å². The standard InChI is InChI=1S/C16H15NO4/c1-16-7-6-10(18)8-14(16)19-15(20-21-16)12-9-17-13-5-3-2-4-11(12)13/h2-7,9,14-15,17H,8H2,1H3. The minimum absolute atomic E-state index is 0.0423. The molecule has 2 aromatic rings. The maximum Gasteiger partial charge on any atom is 0.219 e. The third kappa shape index (κ3) is 2.01. The first-order valence-corrected chi connectivity index (χ1v) is 6.94. The molecule has 1 aliphatic carbocycles. The first-order chi connectivity index (χ1) is 10.2. The summed E-state index contributed by atoms with van der Waals surface area (Å²) in [5.41, 5.74) is 1.17. The lowest BCUT2D eigenvalue weighted by atomic mass is 9.88. The molecule has 1 N–H and O–H groups in total. The van der Waals surface area contributed by atoms with Gasteiger partial charge in [0.25, 0.3) is 0 Å². The van der Waals surface area contributed by atoms with Crippen LogP contribution >= 0.6 is 0 Å². The fraction of sp³-hybridized carbons (Fsp3) is 0.312. The Morgan fingerprint density at radius 3 is 3.10 bits per heavy atom. The molecule has 0 bridgehead atoms. The lowest BCUT2D eigenvalue weighted by molar-refractivity contribution is -0.480. The van der Waals surface area contributed by atoms with E-state index in [0.717, 1.165) is 16.5 Å². The van der Waals surface area contributed by atoms with Crippen LogP contribution in [0.2, 0.25) is 0 Å². The highest BCUT2D eigenvalue weighted by molar-refractivity contribution is 5.91. The van der Waals surface area contributed by atoms with Crippen molar-refractivity contribution in [1.29, 1.82) is 0 Å². The van der Waals surface area contributed by atoms with Gasteiger partial charge in [-0.2, -0.15) is 4.89 Å². The van der Waals surface area contributed by atoms with Crippen molar-refractivity contribution in [3.05, 3.63) is 48.2 Å². The number of para-hydroxylation sites is 1. The third-order valence-corrected chi connectivity index (χ3v) is 4.10. The molecule has 2 heterocycles. The van der Waals surface area contributed by atoms with Crippen LogP contribution in [0.15, 0.2) is 42.6 Å². The molecular weight excluding hydrogens is 270 g/mol. The van der Waals surface area contributed by atoms with Crippen LogP contribution in [0, 0.1) is 0 Å². The highest BCUT2D eigenvalue weighted by atomic mass is 17.2. The van der Waals surface area contributed by atoms with Crippen molar-refractivity contribution in [3.8, 4) is 0 Å². The van der Waals surface area contributed by atoms with Gasteiger partial charge >= 0.3 is 0 Å². The molecule has 1 aliphatic heterocycles. The number of hydrogen-bond acceptors (Lipinski definition) is 4. The van der Waals surface area contributed by atoms with Crippen LogP contribution in [-0.4, -0.2) is 22.5 Å². The Bertz CT molecular complexity index is 735. The highest BCUT2D eigenvalue weighted by Gasteiger charge is 2.45. The minimum Gasteiger partial charge on any atom is -0.361 e. The van der Waals surface area contributed by atoms with E-state index in [9.17, 15) is 4.79 Å². The average molecular weight is 285 g/mol. The molecule has 5 heteroatoms. The number of fused-ring (bicyclic) bond motifs is 2. The van der Waals surface area contributed by atoms with Gasteiger partial charge < -0.3 is 9.72 Å². The summed E-state index contributed by atoms with van der Waals surface area (Å²) < 4.78 is 5.98. The van der Waals surface area contributed by atoms with Gasteiger partial charge in [-0.15, -0.1) is 0 Å². The second kappa shape index (κ2) is 4.53. The van der Waals surface area contributed by atoms with Crippen LogP contribution in [0.1, 0.15) is 25.2 Å². The Morgan fingerprint density at radius 1 is 1.33 bits per heavy atom. The summed E-state index contributed by atoms with van der Waals surface area (Å²) in [5.74, 6) is 0.0423. The summed E-state index contributed by atoms with van der Waals surface area (Å²) in [5, 5.41) is 1.02. The van der Waals surface area contributed by atoms with Gasteiger partial charge in [-0.05, 0) is 25.1 Å². The molecule has 0 spiro atoms. The molecule has 1 fully saturated rings. The predicted molar refractivity (Wildman–Crippen MR) is 75.3 cm³/mol. The first-order valence-electron chi connectivity index (χ1n) is 6.94. The van der Waals surface area contributed by atoms with E-state index in [1.165, 1.54) is 6.08 Å². The second-order valence-electron chi connectivity index (χ2n) is 5.61. The zero-order valence-corrected chi connectivity index (χ0v) is 11.5. The molecule has 0 radical (unpaired) electrons. The number of allylic oxidation sites excluding steroid dienone is 1. The predicted octanol–water partition coefficient (Wildman–Crippen LogP) is 2.80. The van der Waals surface area contributed by atoms with Crippen molar-refractivity contribution in [2.24, 2.45) is 0 Å². The molecule has 0 amide bonds. The van der Waals surface area contributed by atoms with Crippen LogP contribution in [0.5, 0.6) is 0 Å². The van der Waals surface area contributed by atoms with Gasteiger partial charge in [0.15, 0.2) is 5.78 Å². The highest BCUT2D eigenvalue weighted by Crippen LogP contribution is 2.39. The monoisotopic (exact) mass is 285 g/mol. The Labute approximate surface area is 121 Å². The molecule has 5 nitrogen and oxygen atoms in total. The van der Waals surface area contributed by atoms with Crippen LogP contribution < -0.4 is 0 Å². The number of ether oxygens (including phenoxy) is 1. The maximum absolute atomic E-state index is 11.6. The first kappa shape index (κ1) is 12.8. The molecule has 4 rings (SSSR count). The molecule has 1 aromatic carbocycles. The number of H-pyrrole nitrogens is 1. The Hall–Kier alpha value is -1.95. The van der Waals surface area contributed by atoms with Gasteiger partial charge in [0.1, 0.15) is 11.7 Å². The van der Waals surface area contributed by atoms with Crippen molar-refractivity contribution in [3.63, 3.8) is 0 Å². The Balaban J connectivity index is 1.67. The molecule has 0 saturated carbocycles. The Kier molecular flexibility index (Phi) is 2.75. The number of aromatic amines is 1. The van der Waals surface area contributed by atoms with Crippen LogP contribution in [0.3, 0.4) is 0 Å². The number of nitrogens with one attached hydrogen (secondary N) is 1. The zero-order chi connectivity index (χ0) is 14.4. The quantitative estimate of drug-likeness (QED) is 0.818. The fourth-order valence-corrected chi connectivity index (χ4v) is 2.82. The van der Waals surface area contributed by atoms with Crippen molar-refractivity contribution < 1.29 is 19.3 Å². The van der Waals surface area contributed by atoms with Gasteiger partial charge in [0.2, 0.25) is 6.29 Å². The topological polar surface area (TPSA) is 60.6 Å². The lowest BCUT2D eigenvalue weighted by Gasteiger charge is -2.42. The van der Waals surface area contributed by atoms with E-state index in [1.807, 2.05) is 37.4 Å². The van der Waals surface area contributed by atoms with E-state index >= 15 is 0 Å². The van der Waals surface area contributed by atoms with Crippen LogP contribution in [0.4, 0.5) is 0 Å². The lowest BCUT2D eigenvalue weighted by Crippen LogP contribution is -2.50. The minimum atomic E-state index is -0.712. The van der Waals surface area contributed by atoms with E-state index in [1.54, 1.807) is 6.08 Å². The second-order valence-corrected chi connectivity index (χ2v) is 5.61. The van der Waals surface area contributed by atoms with Gasteiger partial charge in [-0.25, -0.2) is 4.89 Å². The molecule has 3 atom stereocenters. The van der Waals surface area contributed by atoms with Gasteiger partial charge in [0, 0.05) is 29.1 Å². The molecule has 2 aliphatic rings. The smallest absolute Gasteiger partial charge is 0.219 e. The fourth-order valence-electron chi connectivity index (χ4n) is 2.82. The summed E-state index contributed by atoms with van der Waals surface area (Å²) in [6, 6.07) is 7.90. The van der Waals surface area contributed by atoms with E-state index in [4.69, 9.17) is 14.5 Å². The average Bonchev–Trinajstić information content (AvgIpc) is 2.91.